The van der Waals surface area contributed by atoms with Crippen LogP contribution in [0, 0.1) is 0 Å². The molecule has 0 aliphatic heterocycles. The summed E-state index contributed by atoms with van der Waals surface area (Å²) in [5.74, 6) is -0.167. The molecule has 1 amide bonds. The highest BCUT2D eigenvalue weighted by Gasteiger charge is 2.13. The lowest BCUT2D eigenvalue weighted by atomic mass is 10.1. The maximum atomic E-state index is 12.0. The maximum absolute atomic E-state index is 12.0. The van der Waals surface area contributed by atoms with Crippen molar-refractivity contribution in [2.45, 2.75) is 32.2 Å². The fourth-order valence-corrected chi connectivity index (χ4v) is 1.90. The number of carbonyl (C=O) groups is 1. The first-order valence-corrected chi connectivity index (χ1v) is 6.80. The molecule has 3 nitrogen and oxygen atoms in total. The maximum Gasteiger partial charge on any atom is 0.251 e. The summed E-state index contributed by atoms with van der Waals surface area (Å²) in [4.78, 5) is 12.0. The minimum atomic E-state index is -0.167. The molecule has 108 valence electrons. The number of rotatable bonds is 6. The summed E-state index contributed by atoms with van der Waals surface area (Å²) in [5.41, 5.74) is 6.13. The van der Waals surface area contributed by atoms with Crippen molar-refractivity contribution >= 4 is 41.5 Å². The first kappa shape index (κ1) is 18.5. The van der Waals surface area contributed by atoms with Crippen LogP contribution >= 0.6 is 35.6 Å². The van der Waals surface area contributed by atoms with Crippen LogP contribution in [-0.4, -0.2) is 18.5 Å². The van der Waals surface area contributed by atoms with E-state index in [0.29, 0.717) is 22.2 Å². The Morgan fingerprint density at radius 2 is 2.05 bits per heavy atom. The lowest BCUT2D eigenvalue weighted by Gasteiger charge is -2.16. The Bertz CT molecular complexity index is 413. The molecule has 1 rings (SSSR count). The number of benzene rings is 1. The number of nitrogens with one attached hydrogen (secondary N) is 1. The van der Waals surface area contributed by atoms with Crippen molar-refractivity contribution in [2.24, 2.45) is 5.73 Å². The first-order chi connectivity index (χ1) is 8.58. The molecule has 1 aromatic carbocycles. The van der Waals surface area contributed by atoms with Crippen molar-refractivity contribution in [2.75, 3.05) is 6.54 Å². The Morgan fingerprint density at radius 3 is 2.58 bits per heavy atom. The van der Waals surface area contributed by atoms with E-state index in [2.05, 4.69) is 12.2 Å². The van der Waals surface area contributed by atoms with Crippen LogP contribution in [0.15, 0.2) is 18.2 Å². The SMILES string of the molecule is CCCCC(CN)NC(=O)c1ccc(Cl)c(Cl)c1.Cl. The van der Waals surface area contributed by atoms with Gasteiger partial charge in [0.2, 0.25) is 0 Å². The van der Waals surface area contributed by atoms with Crippen molar-refractivity contribution in [1.82, 2.24) is 5.32 Å². The molecule has 1 aromatic rings. The fraction of sp³-hybridized carbons (Fsp3) is 0.462. The van der Waals surface area contributed by atoms with Crippen LogP contribution in [0.2, 0.25) is 10.0 Å². The predicted octanol–water partition coefficient (Wildman–Crippen LogP) is 3.66. The number of hydrogen-bond acceptors (Lipinski definition) is 2. The molecule has 0 spiro atoms. The van der Waals surface area contributed by atoms with Gasteiger partial charge in [0.25, 0.3) is 5.91 Å². The zero-order chi connectivity index (χ0) is 13.5. The Labute approximate surface area is 130 Å². The molecule has 0 aliphatic rings. The highest BCUT2D eigenvalue weighted by atomic mass is 35.5. The number of unbranched alkanes of at least 4 members (excludes halogenated alkanes) is 1. The van der Waals surface area contributed by atoms with Crippen LogP contribution in [0.25, 0.3) is 0 Å². The molecule has 0 fully saturated rings. The van der Waals surface area contributed by atoms with E-state index in [1.54, 1.807) is 18.2 Å². The van der Waals surface area contributed by atoms with Crippen molar-refractivity contribution in [1.29, 1.82) is 0 Å². The van der Waals surface area contributed by atoms with Crippen molar-refractivity contribution < 1.29 is 4.79 Å². The van der Waals surface area contributed by atoms with E-state index in [-0.39, 0.29) is 24.4 Å². The number of hydrogen-bond donors (Lipinski definition) is 2. The molecule has 0 heterocycles. The van der Waals surface area contributed by atoms with Crippen LogP contribution in [0.5, 0.6) is 0 Å². The third kappa shape index (κ3) is 6.00. The van der Waals surface area contributed by atoms with Crippen LogP contribution in [-0.2, 0) is 0 Å². The topological polar surface area (TPSA) is 55.1 Å². The average Bonchev–Trinajstić information content (AvgIpc) is 2.37. The van der Waals surface area contributed by atoms with Crippen LogP contribution in [0.1, 0.15) is 36.5 Å². The lowest BCUT2D eigenvalue weighted by Crippen LogP contribution is -2.40. The molecule has 0 radical (unpaired) electrons. The fourth-order valence-electron chi connectivity index (χ4n) is 1.61. The molecule has 19 heavy (non-hydrogen) atoms. The monoisotopic (exact) mass is 324 g/mol. The second kappa shape index (κ2) is 9.43. The van der Waals surface area contributed by atoms with Gasteiger partial charge in [-0.3, -0.25) is 4.79 Å². The van der Waals surface area contributed by atoms with Crippen molar-refractivity contribution in [3.63, 3.8) is 0 Å². The van der Waals surface area contributed by atoms with E-state index in [1.807, 2.05) is 0 Å². The molecule has 0 saturated heterocycles. The second-order valence-corrected chi connectivity index (χ2v) is 4.99. The molecular formula is C13H19Cl3N2O. The Kier molecular flexibility index (Phi) is 9.19. The summed E-state index contributed by atoms with van der Waals surface area (Å²) < 4.78 is 0. The number of carbonyl (C=O) groups excluding carboxylic acids is 1. The van der Waals surface area contributed by atoms with Gasteiger partial charge in [0.1, 0.15) is 0 Å². The Morgan fingerprint density at radius 1 is 1.37 bits per heavy atom. The molecule has 0 saturated carbocycles. The summed E-state index contributed by atoms with van der Waals surface area (Å²) >= 11 is 11.7. The second-order valence-electron chi connectivity index (χ2n) is 4.18. The average molecular weight is 326 g/mol. The van der Waals surface area contributed by atoms with Gasteiger partial charge in [-0.25, -0.2) is 0 Å². The standard InChI is InChI=1S/C13H18Cl2N2O.ClH/c1-2-3-4-10(8-16)17-13(18)9-5-6-11(14)12(15)7-9;/h5-7,10H,2-4,8,16H2,1H3,(H,17,18);1H. The van der Waals surface area contributed by atoms with E-state index < -0.39 is 0 Å². The quantitative estimate of drug-likeness (QED) is 0.838. The van der Waals surface area contributed by atoms with Crippen LogP contribution < -0.4 is 11.1 Å². The normalized spacial score (nSPS) is 11.6. The Hall–Kier alpha value is -0.480. The molecule has 1 atom stereocenters. The third-order valence-corrected chi connectivity index (χ3v) is 3.45. The zero-order valence-electron chi connectivity index (χ0n) is 10.8. The van der Waals surface area contributed by atoms with Gasteiger partial charge in [-0.05, 0) is 24.6 Å². The molecule has 0 aliphatic carbocycles. The minimum Gasteiger partial charge on any atom is -0.348 e. The van der Waals surface area contributed by atoms with Gasteiger partial charge in [0, 0.05) is 18.2 Å². The van der Waals surface area contributed by atoms with E-state index in [1.165, 1.54) is 0 Å². The van der Waals surface area contributed by atoms with Gasteiger partial charge in [0.05, 0.1) is 10.0 Å². The molecule has 0 aromatic heterocycles. The highest BCUT2D eigenvalue weighted by Crippen LogP contribution is 2.22. The number of amides is 1. The van der Waals surface area contributed by atoms with Crippen molar-refractivity contribution in [3.8, 4) is 0 Å². The van der Waals surface area contributed by atoms with Crippen LogP contribution in [0.4, 0.5) is 0 Å². The highest BCUT2D eigenvalue weighted by molar-refractivity contribution is 6.42. The summed E-state index contributed by atoms with van der Waals surface area (Å²) in [6, 6.07) is 4.83. The minimum absolute atomic E-state index is 0. The Balaban J connectivity index is 0.00000324. The zero-order valence-corrected chi connectivity index (χ0v) is 13.1. The summed E-state index contributed by atoms with van der Waals surface area (Å²) in [6.45, 7) is 2.54. The largest absolute Gasteiger partial charge is 0.348 e. The predicted molar refractivity (Wildman–Crippen MR) is 83.5 cm³/mol. The van der Waals surface area contributed by atoms with E-state index in [4.69, 9.17) is 28.9 Å². The number of nitrogens with two attached hydrogens (primary N) is 1. The van der Waals surface area contributed by atoms with Gasteiger partial charge in [0.15, 0.2) is 0 Å². The third-order valence-electron chi connectivity index (χ3n) is 2.71. The van der Waals surface area contributed by atoms with Gasteiger partial charge >= 0.3 is 0 Å². The molecule has 3 N–H and O–H groups in total. The van der Waals surface area contributed by atoms with E-state index >= 15 is 0 Å². The van der Waals surface area contributed by atoms with E-state index in [9.17, 15) is 4.79 Å². The lowest BCUT2D eigenvalue weighted by molar-refractivity contribution is 0.0936. The summed E-state index contributed by atoms with van der Waals surface area (Å²) in [5, 5.41) is 3.72. The van der Waals surface area contributed by atoms with Gasteiger partial charge < -0.3 is 11.1 Å². The molecule has 0 bridgehead atoms. The van der Waals surface area contributed by atoms with Gasteiger partial charge in [-0.2, -0.15) is 0 Å². The van der Waals surface area contributed by atoms with Gasteiger partial charge in [-0.1, -0.05) is 43.0 Å². The first-order valence-electron chi connectivity index (χ1n) is 6.04. The summed E-state index contributed by atoms with van der Waals surface area (Å²) in [6.07, 6.45) is 3.02. The summed E-state index contributed by atoms with van der Waals surface area (Å²) in [7, 11) is 0. The van der Waals surface area contributed by atoms with Crippen molar-refractivity contribution in [3.05, 3.63) is 33.8 Å². The molecule has 1 unspecified atom stereocenters. The van der Waals surface area contributed by atoms with E-state index in [0.717, 1.165) is 19.3 Å². The molecular weight excluding hydrogens is 307 g/mol. The van der Waals surface area contributed by atoms with Gasteiger partial charge in [-0.15, -0.1) is 12.4 Å². The molecule has 6 heteroatoms. The van der Waals surface area contributed by atoms with Crippen LogP contribution in [0.3, 0.4) is 0 Å². The smallest absolute Gasteiger partial charge is 0.251 e. The number of halogens is 3.